The van der Waals surface area contributed by atoms with Gasteiger partial charge in [0.1, 0.15) is 5.82 Å². The van der Waals surface area contributed by atoms with Crippen molar-refractivity contribution in [1.29, 1.82) is 0 Å². The van der Waals surface area contributed by atoms with Crippen LogP contribution in [0.2, 0.25) is 0 Å². The standard InChI is InChI=1S/C15H14N4/c1-19-15(16)13(10-18-19)12-7-8-14(17-9-12)11-5-3-2-4-6-11/h2-10H,16H2,1H3. The Bertz CT molecular complexity index is 684. The smallest absolute Gasteiger partial charge is 0.129 e. The average molecular weight is 250 g/mol. The second-order valence-corrected chi connectivity index (χ2v) is 4.37. The van der Waals surface area contributed by atoms with Crippen LogP contribution in [0.1, 0.15) is 0 Å². The van der Waals surface area contributed by atoms with Crippen LogP contribution in [0.5, 0.6) is 0 Å². The number of anilines is 1. The van der Waals surface area contributed by atoms with Crippen molar-refractivity contribution in [3.8, 4) is 22.4 Å². The summed E-state index contributed by atoms with van der Waals surface area (Å²) < 4.78 is 1.65. The lowest BCUT2D eigenvalue weighted by molar-refractivity contribution is 0.779. The number of nitrogen functional groups attached to an aromatic ring is 1. The van der Waals surface area contributed by atoms with E-state index in [1.54, 1.807) is 10.9 Å². The average Bonchev–Trinajstić information content (AvgIpc) is 2.80. The number of aryl methyl sites for hydroxylation is 1. The zero-order chi connectivity index (χ0) is 13.2. The van der Waals surface area contributed by atoms with Crippen LogP contribution in [-0.2, 0) is 7.05 Å². The molecule has 0 radical (unpaired) electrons. The van der Waals surface area contributed by atoms with E-state index in [4.69, 9.17) is 5.73 Å². The zero-order valence-corrected chi connectivity index (χ0v) is 10.6. The van der Waals surface area contributed by atoms with Gasteiger partial charge in [0.05, 0.1) is 11.9 Å². The molecule has 0 unspecified atom stereocenters. The third kappa shape index (κ3) is 2.08. The monoisotopic (exact) mass is 250 g/mol. The Labute approximate surface area is 111 Å². The van der Waals surface area contributed by atoms with Gasteiger partial charge in [0, 0.05) is 29.9 Å². The molecule has 2 heterocycles. The lowest BCUT2D eigenvalue weighted by Crippen LogP contribution is -1.98. The van der Waals surface area contributed by atoms with Gasteiger partial charge in [-0.3, -0.25) is 9.67 Å². The molecular weight excluding hydrogens is 236 g/mol. The molecular formula is C15H14N4. The van der Waals surface area contributed by atoms with Crippen molar-refractivity contribution in [2.75, 3.05) is 5.73 Å². The molecule has 4 heteroatoms. The van der Waals surface area contributed by atoms with E-state index in [2.05, 4.69) is 10.1 Å². The van der Waals surface area contributed by atoms with E-state index >= 15 is 0 Å². The van der Waals surface area contributed by atoms with Gasteiger partial charge in [-0.05, 0) is 6.07 Å². The van der Waals surface area contributed by atoms with E-state index in [9.17, 15) is 0 Å². The predicted molar refractivity (Wildman–Crippen MR) is 76.3 cm³/mol. The van der Waals surface area contributed by atoms with Crippen LogP contribution in [0.4, 0.5) is 5.82 Å². The topological polar surface area (TPSA) is 56.7 Å². The highest BCUT2D eigenvalue weighted by Crippen LogP contribution is 2.26. The van der Waals surface area contributed by atoms with E-state index in [0.717, 1.165) is 22.4 Å². The summed E-state index contributed by atoms with van der Waals surface area (Å²) in [7, 11) is 1.82. The van der Waals surface area contributed by atoms with Crippen LogP contribution in [0.15, 0.2) is 54.9 Å². The van der Waals surface area contributed by atoms with E-state index in [-0.39, 0.29) is 0 Å². The Kier molecular flexibility index (Phi) is 2.76. The van der Waals surface area contributed by atoms with Crippen LogP contribution in [0, 0.1) is 0 Å². The van der Waals surface area contributed by atoms with E-state index in [1.165, 1.54) is 0 Å². The summed E-state index contributed by atoms with van der Waals surface area (Å²) in [4.78, 5) is 4.48. The van der Waals surface area contributed by atoms with Crippen molar-refractivity contribution in [3.05, 3.63) is 54.9 Å². The minimum Gasteiger partial charge on any atom is -0.383 e. The number of pyridine rings is 1. The zero-order valence-electron chi connectivity index (χ0n) is 10.6. The van der Waals surface area contributed by atoms with Crippen molar-refractivity contribution < 1.29 is 0 Å². The van der Waals surface area contributed by atoms with Gasteiger partial charge >= 0.3 is 0 Å². The third-order valence-electron chi connectivity index (χ3n) is 3.13. The second kappa shape index (κ2) is 4.57. The molecule has 0 fully saturated rings. The minimum atomic E-state index is 0.647. The molecule has 0 aliphatic carbocycles. The van der Waals surface area contributed by atoms with Crippen LogP contribution in [-0.4, -0.2) is 14.8 Å². The minimum absolute atomic E-state index is 0.647. The van der Waals surface area contributed by atoms with E-state index in [0.29, 0.717) is 5.82 Å². The van der Waals surface area contributed by atoms with Gasteiger partial charge in [-0.2, -0.15) is 5.10 Å². The molecule has 3 rings (SSSR count). The Balaban J connectivity index is 1.98. The van der Waals surface area contributed by atoms with Gasteiger partial charge in [0.2, 0.25) is 0 Å². The number of aromatic nitrogens is 3. The highest BCUT2D eigenvalue weighted by Gasteiger charge is 2.08. The van der Waals surface area contributed by atoms with E-state index < -0.39 is 0 Å². The van der Waals surface area contributed by atoms with E-state index in [1.807, 2.05) is 55.7 Å². The number of nitrogens with zero attached hydrogens (tertiary/aromatic N) is 3. The molecule has 0 atom stereocenters. The van der Waals surface area contributed by atoms with Gasteiger partial charge in [-0.25, -0.2) is 0 Å². The summed E-state index contributed by atoms with van der Waals surface area (Å²) in [5, 5.41) is 4.14. The van der Waals surface area contributed by atoms with Gasteiger partial charge in [-0.15, -0.1) is 0 Å². The molecule has 0 aliphatic heterocycles. The summed E-state index contributed by atoms with van der Waals surface area (Å²) in [6.45, 7) is 0. The molecule has 0 spiro atoms. The molecule has 2 N–H and O–H groups in total. The van der Waals surface area contributed by atoms with Crippen molar-refractivity contribution in [2.45, 2.75) is 0 Å². The molecule has 94 valence electrons. The van der Waals surface area contributed by atoms with Crippen LogP contribution in [0.3, 0.4) is 0 Å². The maximum atomic E-state index is 5.96. The Morgan fingerprint density at radius 1 is 0.947 bits per heavy atom. The number of hydrogen-bond acceptors (Lipinski definition) is 3. The van der Waals surface area contributed by atoms with Gasteiger partial charge in [-0.1, -0.05) is 36.4 Å². The number of rotatable bonds is 2. The quantitative estimate of drug-likeness (QED) is 0.760. The molecule has 0 saturated carbocycles. The van der Waals surface area contributed by atoms with Gasteiger partial charge in [0.25, 0.3) is 0 Å². The number of nitrogens with two attached hydrogens (primary N) is 1. The molecule has 3 aromatic rings. The molecule has 1 aromatic carbocycles. The van der Waals surface area contributed by atoms with Crippen LogP contribution >= 0.6 is 0 Å². The Morgan fingerprint density at radius 2 is 1.74 bits per heavy atom. The lowest BCUT2D eigenvalue weighted by Gasteiger charge is -2.03. The number of hydrogen-bond donors (Lipinski definition) is 1. The molecule has 0 bridgehead atoms. The Hall–Kier alpha value is -2.62. The fourth-order valence-corrected chi connectivity index (χ4v) is 2.00. The SMILES string of the molecule is Cn1ncc(-c2ccc(-c3ccccc3)nc2)c1N. The summed E-state index contributed by atoms with van der Waals surface area (Å²) in [6.07, 6.45) is 3.59. The summed E-state index contributed by atoms with van der Waals surface area (Å²) in [5.41, 5.74) is 9.90. The normalized spacial score (nSPS) is 10.6. The summed E-state index contributed by atoms with van der Waals surface area (Å²) in [5.74, 6) is 0.647. The largest absolute Gasteiger partial charge is 0.383 e. The fraction of sp³-hybridized carbons (Fsp3) is 0.0667. The van der Waals surface area contributed by atoms with Crippen molar-refractivity contribution in [3.63, 3.8) is 0 Å². The maximum Gasteiger partial charge on any atom is 0.129 e. The predicted octanol–water partition coefficient (Wildman–Crippen LogP) is 2.73. The first-order chi connectivity index (χ1) is 9.25. The highest BCUT2D eigenvalue weighted by molar-refractivity contribution is 5.74. The van der Waals surface area contributed by atoms with Crippen molar-refractivity contribution >= 4 is 5.82 Å². The van der Waals surface area contributed by atoms with Crippen molar-refractivity contribution in [1.82, 2.24) is 14.8 Å². The molecule has 0 amide bonds. The number of benzene rings is 1. The second-order valence-electron chi connectivity index (χ2n) is 4.37. The van der Waals surface area contributed by atoms with Gasteiger partial charge in [0.15, 0.2) is 0 Å². The first-order valence-electron chi connectivity index (χ1n) is 6.05. The fourth-order valence-electron chi connectivity index (χ4n) is 2.00. The summed E-state index contributed by atoms with van der Waals surface area (Å²) in [6, 6.07) is 14.1. The first kappa shape index (κ1) is 11.5. The molecule has 2 aromatic heterocycles. The Morgan fingerprint density at radius 3 is 2.32 bits per heavy atom. The summed E-state index contributed by atoms with van der Waals surface area (Å²) >= 11 is 0. The molecule has 0 saturated heterocycles. The highest BCUT2D eigenvalue weighted by atomic mass is 15.3. The molecule has 4 nitrogen and oxygen atoms in total. The van der Waals surface area contributed by atoms with Gasteiger partial charge < -0.3 is 5.73 Å². The van der Waals surface area contributed by atoms with Crippen LogP contribution in [0.25, 0.3) is 22.4 Å². The van der Waals surface area contributed by atoms with Crippen molar-refractivity contribution in [2.24, 2.45) is 7.05 Å². The lowest BCUT2D eigenvalue weighted by atomic mass is 10.1. The molecule has 0 aliphatic rings. The third-order valence-corrected chi connectivity index (χ3v) is 3.13. The van der Waals surface area contributed by atoms with Crippen LogP contribution < -0.4 is 5.73 Å². The molecule has 19 heavy (non-hydrogen) atoms. The first-order valence-corrected chi connectivity index (χ1v) is 6.05. The maximum absolute atomic E-state index is 5.96.